The zero-order valence-electron chi connectivity index (χ0n) is 14.6. The number of benzene rings is 3. The number of hydrogen-bond donors (Lipinski definition) is 0. The Hall–Kier alpha value is -2.32. The highest BCUT2D eigenvalue weighted by Crippen LogP contribution is 2.18. The highest BCUT2D eigenvalue weighted by atomic mass is 28.3. The number of hydrogen-bond acceptors (Lipinski definition) is 1. The first-order valence-corrected chi connectivity index (χ1v) is 10.7. The van der Waals surface area contributed by atoms with E-state index < -0.39 is 8.80 Å². The minimum atomic E-state index is -0.942. The molecule has 1 aliphatic heterocycles. The van der Waals surface area contributed by atoms with Crippen molar-refractivity contribution in [1.29, 1.82) is 0 Å². The van der Waals surface area contributed by atoms with E-state index in [1.54, 1.807) is 0 Å². The van der Waals surface area contributed by atoms with E-state index in [4.69, 9.17) is 0 Å². The van der Waals surface area contributed by atoms with E-state index in [0.717, 1.165) is 0 Å². The van der Waals surface area contributed by atoms with Gasteiger partial charge in [0.05, 0.1) is 0 Å². The van der Waals surface area contributed by atoms with Gasteiger partial charge in [-0.2, -0.15) is 0 Å². The summed E-state index contributed by atoms with van der Waals surface area (Å²) in [6.45, 7) is 2.41. The molecule has 1 aliphatic rings. The molecule has 0 amide bonds. The van der Waals surface area contributed by atoms with Gasteiger partial charge < -0.3 is 4.90 Å². The van der Waals surface area contributed by atoms with Crippen LogP contribution in [-0.2, 0) is 0 Å². The van der Waals surface area contributed by atoms with Gasteiger partial charge in [0.15, 0.2) is 8.80 Å². The topological polar surface area (TPSA) is 3.24 Å². The first-order valence-electron chi connectivity index (χ1n) is 9.25. The van der Waals surface area contributed by atoms with E-state index in [1.165, 1.54) is 53.6 Å². The van der Waals surface area contributed by atoms with Crippen LogP contribution >= 0.6 is 0 Å². The summed E-state index contributed by atoms with van der Waals surface area (Å²) in [7, 11) is -0.942. The summed E-state index contributed by atoms with van der Waals surface area (Å²) in [5, 5.41) is 4.36. The quantitative estimate of drug-likeness (QED) is 0.520. The Labute approximate surface area is 152 Å². The largest absolute Gasteiger partial charge is 0.372 e. The Kier molecular flexibility index (Phi) is 4.98. The van der Waals surface area contributed by atoms with Crippen LogP contribution in [0.2, 0.25) is 0 Å². The van der Waals surface area contributed by atoms with E-state index in [2.05, 4.69) is 89.8 Å². The van der Waals surface area contributed by atoms with Crippen LogP contribution in [0.25, 0.3) is 0 Å². The minimum absolute atomic E-state index is 0.942. The van der Waals surface area contributed by atoms with Crippen LogP contribution in [0.1, 0.15) is 19.3 Å². The average molecular weight is 343 g/mol. The zero-order valence-corrected chi connectivity index (χ0v) is 15.6. The Morgan fingerprint density at radius 3 is 1.52 bits per heavy atom. The maximum Gasteiger partial charge on any atom is 0.154 e. The molecule has 25 heavy (non-hydrogen) atoms. The molecular formula is C23H24NSi. The van der Waals surface area contributed by atoms with Crippen LogP contribution < -0.4 is 20.5 Å². The summed E-state index contributed by atoms with van der Waals surface area (Å²) in [6, 6.07) is 31.3. The predicted octanol–water partition coefficient (Wildman–Crippen LogP) is 3.19. The Morgan fingerprint density at radius 2 is 1.00 bits per heavy atom. The lowest BCUT2D eigenvalue weighted by atomic mass is 10.1. The minimum Gasteiger partial charge on any atom is -0.372 e. The smallest absolute Gasteiger partial charge is 0.154 e. The molecule has 1 fully saturated rings. The second-order valence-corrected chi connectivity index (χ2v) is 9.18. The fraction of sp³-hybridized carbons (Fsp3) is 0.217. The molecule has 1 radical (unpaired) electrons. The molecular weight excluding hydrogens is 318 g/mol. The third-order valence-corrected chi connectivity index (χ3v) is 7.73. The fourth-order valence-electron chi connectivity index (χ4n) is 3.70. The zero-order chi connectivity index (χ0) is 16.9. The number of anilines is 1. The van der Waals surface area contributed by atoms with Gasteiger partial charge in [0, 0.05) is 18.8 Å². The van der Waals surface area contributed by atoms with Crippen molar-refractivity contribution in [2.75, 3.05) is 18.0 Å². The molecule has 0 atom stereocenters. The van der Waals surface area contributed by atoms with E-state index >= 15 is 0 Å². The SMILES string of the molecule is c1ccc([Si](c2ccccc2)c2ccc(N3CCCCC3)cc2)cc1. The average Bonchev–Trinajstić information content (AvgIpc) is 2.71. The first kappa shape index (κ1) is 16.2. The molecule has 0 N–H and O–H groups in total. The van der Waals surface area contributed by atoms with Crippen molar-refractivity contribution in [2.24, 2.45) is 0 Å². The lowest BCUT2D eigenvalue weighted by molar-refractivity contribution is 0.578. The summed E-state index contributed by atoms with van der Waals surface area (Å²) in [4.78, 5) is 2.53. The molecule has 1 nitrogen and oxygen atoms in total. The molecule has 0 bridgehead atoms. The van der Waals surface area contributed by atoms with Crippen LogP contribution in [0.15, 0.2) is 84.9 Å². The molecule has 1 heterocycles. The summed E-state index contributed by atoms with van der Waals surface area (Å²) < 4.78 is 0. The van der Waals surface area contributed by atoms with Crippen LogP contribution in [0.4, 0.5) is 5.69 Å². The summed E-state index contributed by atoms with van der Waals surface area (Å²) in [6.07, 6.45) is 4.03. The molecule has 0 aromatic heterocycles. The third kappa shape index (κ3) is 3.69. The van der Waals surface area contributed by atoms with Gasteiger partial charge >= 0.3 is 0 Å². The van der Waals surface area contributed by atoms with E-state index in [-0.39, 0.29) is 0 Å². The van der Waals surface area contributed by atoms with Crippen molar-refractivity contribution in [3.8, 4) is 0 Å². The van der Waals surface area contributed by atoms with Crippen molar-refractivity contribution in [2.45, 2.75) is 19.3 Å². The standard InChI is InChI=1S/C23H24NSi/c1-4-10-21(11-5-1)25(22-12-6-2-7-13-22)23-16-14-20(15-17-23)24-18-8-3-9-19-24/h1-2,4-7,10-17H,3,8-9,18-19H2. The molecule has 1 saturated heterocycles. The van der Waals surface area contributed by atoms with Crippen molar-refractivity contribution in [3.63, 3.8) is 0 Å². The summed E-state index contributed by atoms with van der Waals surface area (Å²) in [5.41, 5.74) is 1.38. The highest BCUT2D eigenvalue weighted by Gasteiger charge is 2.19. The van der Waals surface area contributed by atoms with Crippen LogP contribution in [0.5, 0.6) is 0 Å². The van der Waals surface area contributed by atoms with Gasteiger partial charge in [-0.15, -0.1) is 0 Å². The maximum absolute atomic E-state index is 2.53. The van der Waals surface area contributed by atoms with Gasteiger partial charge in [-0.3, -0.25) is 0 Å². The second kappa shape index (κ2) is 7.71. The first-order chi connectivity index (χ1) is 12.4. The van der Waals surface area contributed by atoms with Crippen LogP contribution in [0, 0.1) is 0 Å². The number of nitrogens with zero attached hydrogens (tertiary/aromatic N) is 1. The van der Waals surface area contributed by atoms with Gasteiger partial charge in [-0.05, 0) is 31.4 Å². The lowest BCUT2D eigenvalue weighted by Crippen LogP contribution is -2.51. The number of piperidine rings is 1. The summed E-state index contributed by atoms with van der Waals surface area (Å²) in [5.74, 6) is 0. The van der Waals surface area contributed by atoms with Gasteiger partial charge in [0.25, 0.3) is 0 Å². The van der Waals surface area contributed by atoms with Gasteiger partial charge in [0.1, 0.15) is 0 Å². The van der Waals surface area contributed by atoms with Gasteiger partial charge in [0.2, 0.25) is 0 Å². The molecule has 0 saturated carbocycles. The van der Waals surface area contributed by atoms with Gasteiger partial charge in [-0.1, -0.05) is 88.4 Å². The van der Waals surface area contributed by atoms with E-state index in [1.807, 2.05) is 0 Å². The summed E-state index contributed by atoms with van der Waals surface area (Å²) >= 11 is 0. The number of rotatable bonds is 4. The normalized spacial score (nSPS) is 14.7. The molecule has 4 rings (SSSR count). The van der Waals surface area contributed by atoms with Crippen molar-refractivity contribution in [1.82, 2.24) is 0 Å². The molecule has 125 valence electrons. The van der Waals surface area contributed by atoms with Crippen molar-refractivity contribution in [3.05, 3.63) is 84.9 Å². The molecule has 0 unspecified atom stereocenters. The lowest BCUT2D eigenvalue weighted by Gasteiger charge is -2.29. The van der Waals surface area contributed by atoms with Crippen LogP contribution in [0.3, 0.4) is 0 Å². The molecule has 0 aliphatic carbocycles. The highest BCUT2D eigenvalue weighted by molar-refractivity contribution is 6.95. The second-order valence-electron chi connectivity index (χ2n) is 6.70. The van der Waals surface area contributed by atoms with Crippen LogP contribution in [-0.4, -0.2) is 21.9 Å². The Balaban J connectivity index is 1.68. The predicted molar refractivity (Wildman–Crippen MR) is 110 cm³/mol. The maximum atomic E-state index is 2.53. The molecule has 2 heteroatoms. The fourth-order valence-corrected chi connectivity index (χ4v) is 6.25. The van der Waals surface area contributed by atoms with E-state index in [9.17, 15) is 0 Å². The van der Waals surface area contributed by atoms with Crippen molar-refractivity contribution < 1.29 is 0 Å². The van der Waals surface area contributed by atoms with Gasteiger partial charge in [-0.25, -0.2) is 0 Å². The Bertz CT molecular complexity index is 738. The Morgan fingerprint density at radius 1 is 0.520 bits per heavy atom. The van der Waals surface area contributed by atoms with E-state index in [0.29, 0.717) is 0 Å². The third-order valence-electron chi connectivity index (χ3n) is 5.00. The molecule has 3 aromatic carbocycles. The van der Waals surface area contributed by atoms with Crippen molar-refractivity contribution >= 4 is 30.0 Å². The molecule has 0 spiro atoms. The molecule has 3 aromatic rings. The monoisotopic (exact) mass is 342 g/mol.